The molecule has 6 heteroatoms. The second-order valence-corrected chi connectivity index (χ2v) is 3.76. The molecule has 0 saturated carbocycles. The van der Waals surface area contributed by atoms with Crippen molar-refractivity contribution in [1.29, 1.82) is 0 Å². The van der Waals surface area contributed by atoms with Gasteiger partial charge in [0.2, 0.25) is 5.91 Å². The maximum absolute atomic E-state index is 11.3. The van der Waals surface area contributed by atoms with Crippen molar-refractivity contribution < 1.29 is 9.59 Å². The number of hydrogen-bond acceptors (Lipinski definition) is 2. The zero-order valence-corrected chi connectivity index (χ0v) is 9.81. The summed E-state index contributed by atoms with van der Waals surface area (Å²) < 4.78 is 0. The number of carbonyl (C=O) groups is 2. The highest BCUT2D eigenvalue weighted by atomic mass is 35.5. The van der Waals surface area contributed by atoms with E-state index in [2.05, 4.69) is 10.6 Å². The third kappa shape index (κ3) is 4.51. The van der Waals surface area contributed by atoms with Gasteiger partial charge in [0.25, 0.3) is 0 Å². The Morgan fingerprint density at radius 1 is 1.19 bits per heavy atom. The number of imide groups is 1. The molecule has 1 aromatic rings. The molecule has 1 rings (SSSR count). The first-order valence-corrected chi connectivity index (χ1v) is 5.45. The SMILES string of the molecule is O=C(CCCl)NC(=O)Nc1ccc(Cl)cc1. The van der Waals surface area contributed by atoms with Crippen LogP contribution in [0.1, 0.15) is 6.42 Å². The standard InChI is InChI=1S/C10H10Cl2N2O2/c11-6-5-9(15)14-10(16)13-8-3-1-7(12)2-4-8/h1-4H,5-6H2,(H2,13,14,15,16). The van der Waals surface area contributed by atoms with E-state index in [4.69, 9.17) is 23.2 Å². The van der Waals surface area contributed by atoms with E-state index in [0.717, 1.165) is 0 Å². The van der Waals surface area contributed by atoms with E-state index >= 15 is 0 Å². The number of carbonyl (C=O) groups excluding carboxylic acids is 2. The molecule has 0 saturated heterocycles. The van der Waals surface area contributed by atoms with Crippen LogP contribution >= 0.6 is 23.2 Å². The van der Waals surface area contributed by atoms with Crippen LogP contribution in [0.3, 0.4) is 0 Å². The lowest BCUT2D eigenvalue weighted by atomic mass is 10.3. The quantitative estimate of drug-likeness (QED) is 0.821. The minimum atomic E-state index is -0.586. The topological polar surface area (TPSA) is 58.2 Å². The summed E-state index contributed by atoms with van der Waals surface area (Å²) in [6.45, 7) is 0. The molecule has 0 fully saturated rings. The molecule has 3 amide bonds. The van der Waals surface area contributed by atoms with Gasteiger partial charge in [0.05, 0.1) is 0 Å². The molecular weight excluding hydrogens is 251 g/mol. The van der Waals surface area contributed by atoms with E-state index in [9.17, 15) is 9.59 Å². The first-order chi connectivity index (χ1) is 7.61. The van der Waals surface area contributed by atoms with Crippen LogP contribution in [0.5, 0.6) is 0 Å². The molecule has 2 N–H and O–H groups in total. The fourth-order valence-corrected chi connectivity index (χ4v) is 1.27. The van der Waals surface area contributed by atoms with Crippen molar-refractivity contribution in [2.45, 2.75) is 6.42 Å². The number of anilines is 1. The van der Waals surface area contributed by atoms with E-state index in [1.807, 2.05) is 0 Å². The minimum Gasteiger partial charge on any atom is -0.308 e. The van der Waals surface area contributed by atoms with Crippen molar-refractivity contribution in [2.24, 2.45) is 0 Å². The molecule has 86 valence electrons. The Kier molecular flexibility index (Phi) is 5.08. The van der Waals surface area contributed by atoms with Gasteiger partial charge in [-0.3, -0.25) is 10.1 Å². The Hall–Kier alpha value is -1.26. The molecule has 0 atom stereocenters. The number of urea groups is 1. The maximum atomic E-state index is 11.3. The Balaban J connectivity index is 2.45. The summed E-state index contributed by atoms with van der Waals surface area (Å²) in [7, 11) is 0. The molecule has 4 nitrogen and oxygen atoms in total. The van der Waals surface area contributed by atoms with Gasteiger partial charge in [-0.05, 0) is 24.3 Å². The Morgan fingerprint density at radius 2 is 1.81 bits per heavy atom. The Bertz CT molecular complexity index is 379. The van der Waals surface area contributed by atoms with Crippen LogP contribution < -0.4 is 10.6 Å². The molecule has 0 aliphatic carbocycles. The molecule has 0 spiro atoms. The first kappa shape index (κ1) is 12.8. The summed E-state index contributed by atoms with van der Waals surface area (Å²) in [4.78, 5) is 22.3. The third-order valence-corrected chi connectivity index (χ3v) is 2.12. The van der Waals surface area contributed by atoms with Crippen LogP contribution in [0.2, 0.25) is 5.02 Å². The molecule has 0 aliphatic heterocycles. The van der Waals surface area contributed by atoms with Gasteiger partial charge in [0.1, 0.15) is 0 Å². The van der Waals surface area contributed by atoms with Gasteiger partial charge in [-0.25, -0.2) is 4.79 Å². The van der Waals surface area contributed by atoms with Gasteiger partial charge in [-0.15, -0.1) is 11.6 Å². The molecular formula is C10H10Cl2N2O2. The number of hydrogen-bond donors (Lipinski definition) is 2. The second kappa shape index (κ2) is 6.35. The molecule has 0 aliphatic rings. The summed E-state index contributed by atoms with van der Waals surface area (Å²) in [5.41, 5.74) is 0.556. The molecule has 0 aromatic heterocycles. The summed E-state index contributed by atoms with van der Waals surface area (Å²) in [6.07, 6.45) is 0.107. The number of rotatable bonds is 3. The predicted molar refractivity (Wildman–Crippen MR) is 64.0 cm³/mol. The van der Waals surface area contributed by atoms with E-state index in [-0.39, 0.29) is 12.3 Å². The monoisotopic (exact) mass is 260 g/mol. The first-order valence-electron chi connectivity index (χ1n) is 4.54. The number of nitrogens with one attached hydrogen (secondary N) is 2. The van der Waals surface area contributed by atoms with Crippen LogP contribution in [0.4, 0.5) is 10.5 Å². The second-order valence-electron chi connectivity index (χ2n) is 2.95. The highest BCUT2D eigenvalue weighted by molar-refractivity contribution is 6.30. The van der Waals surface area contributed by atoms with Crippen molar-refractivity contribution in [1.82, 2.24) is 5.32 Å². The van der Waals surface area contributed by atoms with Crippen molar-refractivity contribution in [2.75, 3.05) is 11.2 Å². The number of benzene rings is 1. The van der Waals surface area contributed by atoms with Gasteiger partial charge in [0, 0.05) is 23.0 Å². The van der Waals surface area contributed by atoms with Gasteiger partial charge in [0.15, 0.2) is 0 Å². The third-order valence-electron chi connectivity index (χ3n) is 1.68. The molecule has 0 heterocycles. The van der Waals surface area contributed by atoms with Gasteiger partial charge < -0.3 is 5.32 Å². The smallest absolute Gasteiger partial charge is 0.308 e. The van der Waals surface area contributed by atoms with Gasteiger partial charge in [-0.1, -0.05) is 11.6 Å². The molecule has 16 heavy (non-hydrogen) atoms. The summed E-state index contributed by atoms with van der Waals surface area (Å²) in [6, 6.07) is 5.95. The lowest BCUT2D eigenvalue weighted by molar-refractivity contribution is -0.119. The Labute approximate surface area is 103 Å². The fourth-order valence-electron chi connectivity index (χ4n) is 0.971. The summed E-state index contributed by atoms with van der Waals surface area (Å²) >= 11 is 11.0. The minimum absolute atomic E-state index is 0.107. The fraction of sp³-hybridized carbons (Fsp3) is 0.200. The van der Waals surface area contributed by atoms with Crippen molar-refractivity contribution in [3.8, 4) is 0 Å². The lowest BCUT2D eigenvalue weighted by Crippen LogP contribution is -2.34. The molecule has 1 aromatic carbocycles. The van der Waals surface area contributed by atoms with Gasteiger partial charge >= 0.3 is 6.03 Å². The lowest BCUT2D eigenvalue weighted by Gasteiger charge is -2.05. The largest absolute Gasteiger partial charge is 0.325 e. The van der Waals surface area contributed by atoms with E-state index < -0.39 is 11.9 Å². The van der Waals surface area contributed by atoms with Crippen LogP contribution in [0, 0.1) is 0 Å². The maximum Gasteiger partial charge on any atom is 0.325 e. The van der Waals surface area contributed by atoms with Crippen LogP contribution in [-0.2, 0) is 4.79 Å². The predicted octanol–water partition coefficient (Wildman–Crippen LogP) is 2.62. The Morgan fingerprint density at radius 3 is 2.38 bits per heavy atom. The summed E-state index contributed by atoms with van der Waals surface area (Å²) in [5.74, 6) is -0.235. The number of halogens is 2. The highest BCUT2D eigenvalue weighted by Gasteiger charge is 2.06. The van der Waals surface area contributed by atoms with E-state index in [1.54, 1.807) is 24.3 Å². The van der Waals surface area contributed by atoms with Crippen LogP contribution in [0.25, 0.3) is 0 Å². The van der Waals surface area contributed by atoms with Gasteiger partial charge in [-0.2, -0.15) is 0 Å². The van der Waals surface area contributed by atoms with E-state index in [1.165, 1.54) is 0 Å². The number of amides is 3. The number of alkyl halides is 1. The van der Waals surface area contributed by atoms with Crippen LogP contribution in [0.15, 0.2) is 24.3 Å². The zero-order chi connectivity index (χ0) is 12.0. The molecule has 0 radical (unpaired) electrons. The highest BCUT2D eigenvalue weighted by Crippen LogP contribution is 2.12. The average molecular weight is 261 g/mol. The van der Waals surface area contributed by atoms with Crippen molar-refractivity contribution in [3.63, 3.8) is 0 Å². The molecule has 0 unspecified atom stereocenters. The van der Waals surface area contributed by atoms with E-state index in [0.29, 0.717) is 10.7 Å². The normalized spacial score (nSPS) is 9.62. The summed E-state index contributed by atoms with van der Waals surface area (Å²) in [5, 5.41) is 5.20. The van der Waals surface area contributed by atoms with Crippen molar-refractivity contribution >= 4 is 40.8 Å². The van der Waals surface area contributed by atoms with Crippen LogP contribution in [-0.4, -0.2) is 17.8 Å². The average Bonchev–Trinajstić information content (AvgIpc) is 2.21. The zero-order valence-electron chi connectivity index (χ0n) is 8.30. The van der Waals surface area contributed by atoms with Crippen molar-refractivity contribution in [3.05, 3.63) is 29.3 Å². The molecule has 0 bridgehead atoms.